The van der Waals surface area contributed by atoms with Crippen molar-refractivity contribution in [2.45, 2.75) is 18.4 Å². The van der Waals surface area contributed by atoms with Crippen molar-refractivity contribution >= 4 is 15.7 Å². The van der Waals surface area contributed by atoms with Gasteiger partial charge >= 0.3 is 0 Å². The first-order valence-electron chi connectivity index (χ1n) is 6.00. The van der Waals surface area contributed by atoms with Crippen molar-refractivity contribution < 1.29 is 12.8 Å². The lowest BCUT2D eigenvalue weighted by molar-refractivity contribution is 0.558. The highest BCUT2D eigenvalue weighted by Crippen LogP contribution is 2.21. The van der Waals surface area contributed by atoms with Gasteiger partial charge in [0.15, 0.2) is 0 Å². The average molecular weight is 294 g/mol. The van der Waals surface area contributed by atoms with Crippen LogP contribution in [0.4, 0.5) is 10.1 Å². The van der Waals surface area contributed by atoms with Crippen LogP contribution in [-0.2, 0) is 16.6 Å². The molecular weight excluding hydrogens is 279 g/mol. The number of aryl methyl sites for hydroxylation is 1. The minimum absolute atomic E-state index is 0.0861. The lowest BCUT2D eigenvalue weighted by Crippen LogP contribution is -2.25. The second-order valence-corrected chi connectivity index (χ2v) is 6.11. The summed E-state index contributed by atoms with van der Waals surface area (Å²) in [7, 11) is -3.99. The second-order valence-electron chi connectivity index (χ2n) is 4.41. The first-order chi connectivity index (χ1) is 9.42. The molecule has 0 heterocycles. The molecule has 4 nitrogen and oxygen atoms in total. The Morgan fingerprint density at radius 3 is 2.50 bits per heavy atom. The SMILES string of the molecule is Cc1ccccc1CNS(=O)(=O)c1c(N)cccc1F. The van der Waals surface area contributed by atoms with Gasteiger partial charge in [-0.1, -0.05) is 30.3 Å². The standard InChI is InChI=1S/C14H15FN2O2S/c1-10-5-2-3-6-11(10)9-17-20(18,19)14-12(15)7-4-8-13(14)16/h2-8,17H,9,16H2,1H3. The molecule has 0 spiro atoms. The summed E-state index contributed by atoms with van der Waals surface area (Å²) in [4.78, 5) is -0.506. The molecule has 0 aliphatic heterocycles. The lowest BCUT2D eigenvalue weighted by atomic mass is 10.1. The van der Waals surface area contributed by atoms with Crippen molar-refractivity contribution in [2.75, 3.05) is 5.73 Å². The van der Waals surface area contributed by atoms with Gasteiger partial charge in [-0.2, -0.15) is 0 Å². The minimum atomic E-state index is -3.99. The first kappa shape index (κ1) is 14.5. The molecule has 20 heavy (non-hydrogen) atoms. The maximum atomic E-state index is 13.7. The van der Waals surface area contributed by atoms with Crippen molar-refractivity contribution in [3.05, 3.63) is 59.4 Å². The average Bonchev–Trinajstić information content (AvgIpc) is 2.37. The number of nitrogens with two attached hydrogens (primary N) is 1. The summed E-state index contributed by atoms with van der Waals surface area (Å²) >= 11 is 0. The normalized spacial score (nSPS) is 11.5. The molecule has 6 heteroatoms. The van der Waals surface area contributed by atoms with Crippen LogP contribution in [-0.4, -0.2) is 8.42 Å². The molecule has 0 aliphatic rings. The Labute approximate surface area is 117 Å². The zero-order chi connectivity index (χ0) is 14.8. The molecule has 0 bridgehead atoms. The topological polar surface area (TPSA) is 72.2 Å². The number of halogens is 1. The molecule has 2 rings (SSSR count). The Kier molecular flexibility index (Phi) is 4.06. The molecule has 0 saturated heterocycles. The maximum absolute atomic E-state index is 13.7. The molecule has 0 amide bonds. The zero-order valence-electron chi connectivity index (χ0n) is 10.9. The molecule has 0 saturated carbocycles. The predicted octanol–water partition coefficient (Wildman–Crippen LogP) is 2.19. The van der Waals surface area contributed by atoms with Crippen molar-refractivity contribution in [1.29, 1.82) is 0 Å². The van der Waals surface area contributed by atoms with Crippen LogP contribution in [0, 0.1) is 12.7 Å². The van der Waals surface area contributed by atoms with Crippen molar-refractivity contribution in [3.8, 4) is 0 Å². The molecule has 0 aliphatic carbocycles. The summed E-state index contributed by atoms with van der Waals surface area (Å²) in [6.07, 6.45) is 0. The second kappa shape index (κ2) is 5.60. The summed E-state index contributed by atoms with van der Waals surface area (Å²) in [5.41, 5.74) is 7.22. The largest absolute Gasteiger partial charge is 0.398 e. The van der Waals surface area contributed by atoms with Crippen LogP contribution in [0.15, 0.2) is 47.4 Å². The third kappa shape index (κ3) is 2.97. The van der Waals surface area contributed by atoms with Gasteiger partial charge in [-0.15, -0.1) is 0 Å². The van der Waals surface area contributed by atoms with Crippen molar-refractivity contribution in [3.63, 3.8) is 0 Å². The summed E-state index contributed by atoms with van der Waals surface area (Å²) in [5, 5.41) is 0. The van der Waals surface area contributed by atoms with Crippen LogP contribution in [0.25, 0.3) is 0 Å². The third-order valence-corrected chi connectivity index (χ3v) is 4.47. The highest BCUT2D eigenvalue weighted by Gasteiger charge is 2.21. The van der Waals surface area contributed by atoms with Gasteiger partial charge in [-0.3, -0.25) is 0 Å². The molecule has 2 aromatic carbocycles. The van der Waals surface area contributed by atoms with Crippen LogP contribution < -0.4 is 10.5 Å². The number of nitrogen functional groups attached to an aromatic ring is 1. The number of hydrogen-bond acceptors (Lipinski definition) is 3. The number of anilines is 1. The molecule has 0 radical (unpaired) electrons. The van der Waals surface area contributed by atoms with E-state index in [1.54, 1.807) is 0 Å². The van der Waals surface area contributed by atoms with E-state index in [4.69, 9.17) is 5.73 Å². The third-order valence-electron chi connectivity index (χ3n) is 2.98. The predicted molar refractivity (Wildman–Crippen MR) is 76.0 cm³/mol. The number of benzene rings is 2. The maximum Gasteiger partial charge on any atom is 0.245 e. The fourth-order valence-corrected chi connectivity index (χ4v) is 3.06. The minimum Gasteiger partial charge on any atom is -0.398 e. The lowest BCUT2D eigenvalue weighted by Gasteiger charge is -2.11. The van der Waals surface area contributed by atoms with E-state index in [2.05, 4.69) is 4.72 Å². The van der Waals surface area contributed by atoms with Crippen LogP contribution in [0.2, 0.25) is 0 Å². The number of rotatable bonds is 4. The van der Waals surface area contributed by atoms with E-state index in [0.717, 1.165) is 17.2 Å². The highest BCUT2D eigenvalue weighted by atomic mass is 32.2. The Bertz CT molecular complexity index is 709. The van der Waals surface area contributed by atoms with Gasteiger partial charge in [0.2, 0.25) is 10.0 Å². The first-order valence-corrected chi connectivity index (χ1v) is 7.48. The molecule has 3 N–H and O–H groups in total. The number of nitrogens with one attached hydrogen (secondary N) is 1. The highest BCUT2D eigenvalue weighted by molar-refractivity contribution is 7.89. The van der Waals surface area contributed by atoms with E-state index < -0.39 is 20.7 Å². The number of hydrogen-bond donors (Lipinski definition) is 2. The van der Waals surface area contributed by atoms with Gasteiger partial charge in [0.25, 0.3) is 0 Å². The molecule has 106 valence electrons. The van der Waals surface area contributed by atoms with E-state index in [0.29, 0.717) is 0 Å². The van der Waals surface area contributed by atoms with Crippen molar-refractivity contribution in [2.24, 2.45) is 0 Å². The summed E-state index contributed by atoms with van der Waals surface area (Å²) in [5.74, 6) is -0.859. The molecule has 0 fully saturated rings. The van der Waals surface area contributed by atoms with Crippen LogP contribution >= 0.6 is 0 Å². The quantitative estimate of drug-likeness (QED) is 0.849. The fourth-order valence-electron chi connectivity index (χ4n) is 1.86. The van der Waals surface area contributed by atoms with E-state index >= 15 is 0 Å². The smallest absolute Gasteiger partial charge is 0.245 e. The van der Waals surface area contributed by atoms with Gasteiger partial charge in [-0.25, -0.2) is 17.5 Å². The Hall–Kier alpha value is -1.92. The Morgan fingerprint density at radius 1 is 1.15 bits per heavy atom. The molecular formula is C14H15FN2O2S. The fraction of sp³-hybridized carbons (Fsp3) is 0.143. The van der Waals surface area contributed by atoms with E-state index in [1.807, 2.05) is 31.2 Å². The monoisotopic (exact) mass is 294 g/mol. The molecule has 0 aromatic heterocycles. The van der Waals surface area contributed by atoms with E-state index in [1.165, 1.54) is 12.1 Å². The van der Waals surface area contributed by atoms with Crippen LogP contribution in [0.5, 0.6) is 0 Å². The number of sulfonamides is 1. The van der Waals surface area contributed by atoms with Crippen molar-refractivity contribution in [1.82, 2.24) is 4.72 Å². The van der Waals surface area contributed by atoms with Gasteiger partial charge in [0.1, 0.15) is 10.7 Å². The Balaban J connectivity index is 2.27. The van der Waals surface area contributed by atoms with Crippen LogP contribution in [0.3, 0.4) is 0 Å². The summed E-state index contributed by atoms with van der Waals surface area (Å²) < 4.78 is 40.3. The summed E-state index contributed by atoms with van der Waals surface area (Å²) in [6, 6.07) is 11.1. The Morgan fingerprint density at radius 2 is 1.85 bits per heavy atom. The van der Waals surface area contributed by atoms with Gasteiger partial charge in [0, 0.05) is 6.54 Å². The van der Waals surface area contributed by atoms with Gasteiger partial charge in [0.05, 0.1) is 5.69 Å². The van der Waals surface area contributed by atoms with E-state index in [9.17, 15) is 12.8 Å². The molecule has 2 aromatic rings. The van der Waals surface area contributed by atoms with E-state index in [-0.39, 0.29) is 12.2 Å². The van der Waals surface area contributed by atoms with Gasteiger partial charge in [-0.05, 0) is 30.2 Å². The van der Waals surface area contributed by atoms with Gasteiger partial charge < -0.3 is 5.73 Å². The zero-order valence-corrected chi connectivity index (χ0v) is 11.7. The molecule has 0 unspecified atom stereocenters. The summed E-state index contributed by atoms with van der Waals surface area (Å²) in [6.45, 7) is 1.96. The van der Waals surface area contributed by atoms with Crippen LogP contribution in [0.1, 0.15) is 11.1 Å². The molecule has 0 atom stereocenters.